The average Bonchev–Trinajstić information content (AvgIpc) is 2.15. The summed E-state index contributed by atoms with van der Waals surface area (Å²) in [6.45, 7) is 4.48. The van der Waals surface area contributed by atoms with E-state index in [2.05, 4.69) is 26.4 Å². The molecule has 16 heavy (non-hydrogen) atoms. The first-order valence-electron chi connectivity index (χ1n) is 6.35. The summed E-state index contributed by atoms with van der Waals surface area (Å²) in [5, 5.41) is 9.00. The van der Waals surface area contributed by atoms with Crippen LogP contribution >= 0.6 is 7.21 Å². The number of carboxylic acid groups (broad SMARTS) is 1. The van der Waals surface area contributed by atoms with Crippen LogP contribution in [0.2, 0.25) is 8.87 Å². The molecule has 0 fully saturated rings. The molecule has 0 aromatic rings. The fourth-order valence-electron chi connectivity index (χ4n) is 2.08. The average molecular weight is 355 g/mol. The van der Waals surface area contributed by atoms with Crippen molar-refractivity contribution in [2.75, 3.05) is 18.3 Å². The van der Waals surface area contributed by atoms with Crippen molar-refractivity contribution in [2.45, 2.75) is 48.4 Å². The Morgan fingerprint density at radius 1 is 1.12 bits per heavy atom. The first-order valence-corrected chi connectivity index (χ1v) is 17.7. The molecule has 98 valence electrons. The molecule has 0 bridgehead atoms. The summed E-state index contributed by atoms with van der Waals surface area (Å²) in [5.41, 5.74) is 0. The number of carbonyl (C=O) groups is 1. The first-order chi connectivity index (χ1) is 7.44. The van der Waals surface area contributed by atoms with Crippen LogP contribution in [-0.4, -0.2) is 47.7 Å². The Kier molecular flexibility index (Phi) is 9.01. The van der Waals surface area contributed by atoms with Crippen LogP contribution in [0, 0.1) is 0 Å². The summed E-state index contributed by atoms with van der Waals surface area (Å²) in [7, 11) is -0.756. The van der Waals surface area contributed by atoms with Crippen LogP contribution in [0.1, 0.15) is 39.5 Å². The maximum absolute atomic E-state index is 10.9. The second-order valence-electron chi connectivity index (χ2n) is 5.07. The van der Waals surface area contributed by atoms with Gasteiger partial charge in [-0.15, -0.1) is 0 Å². The van der Waals surface area contributed by atoms with Gasteiger partial charge in [-0.05, 0) is 0 Å². The Balaban J connectivity index is 4.37. The van der Waals surface area contributed by atoms with Gasteiger partial charge in [0, 0.05) is 0 Å². The van der Waals surface area contributed by atoms with Gasteiger partial charge in [-0.2, -0.15) is 0 Å². The molecule has 0 atom stereocenters. The zero-order valence-corrected chi connectivity index (χ0v) is 15.4. The van der Waals surface area contributed by atoms with Crippen molar-refractivity contribution in [3.05, 3.63) is 0 Å². The normalized spacial score (nSPS) is 13.1. The maximum atomic E-state index is 10.9. The summed E-state index contributed by atoms with van der Waals surface area (Å²) < 4.78 is 2.85. The van der Waals surface area contributed by atoms with E-state index in [-0.39, 0.29) is 0 Å². The predicted molar refractivity (Wildman–Crippen MR) is 78.5 cm³/mol. The van der Waals surface area contributed by atoms with E-state index >= 15 is 0 Å². The molecule has 0 saturated carbocycles. The second-order valence-corrected chi connectivity index (χ2v) is 30.8. The van der Waals surface area contributed by atoms with Gasteiger partial charge in [0.1, 0.15) is 0 Å². The van der Waals surface area contributed by atoms with Crippen LogP contribution in [0.15, 0.2) is 0 Å². The molecule has 0 saturated heterocycles. The number of carboxylic acids is 1. The fraction of sp³-hybridized carbons (Fsp3) is 0.917. The number of rotatable bonds is 9. The Bertz CT molecular complexity index is 199. The molecule has 1 N–H and O–H groups in total. The molecule has 0 aliphatic carbocycles. The molecule has 0 aliphatic rings. The Morgan fingerprint density at radius 3 is 1.88 bits per heavy atom. The van der Waals surface area contributed by atoms with Gasteiger partial charge in [0.25, 0.3) is 0 Å². The Hall–Kier alpha value is 0.619. The number of aliphatic carboxylic acids is 1. The molecule has 0 spiro atoms. The molecular formula is C12H28O2SSn. The van der Waals surface area contributed by atoms with Gasteiger partial charge >= 0.3 is 108 Å². The fourth-order valence-corrected chi connectivity index (χ4v) is 26.4. The van der Waals surface area contributed by atoms with Crippen LogP contribution in [0.4, 0.5) is 0 Å². The van der Waals surface area contributed by atoms with Crippen molar-refractivity contribution in [2.24, 2.45) is 0 Å². The summed E-state index contributed by atoms with van der Waals surface area (Å²) in [4.78, 5) is 10.9. The predicted octanol–water partition coefficient (Wildman–Crippen LogP) is 3.46. The topological polar surface area (TPSA) is 37.3 Å². The van der Waals surface area contributed by atoms with Gasteiger partial charge in [0.2, 0.25) is 0 Å². The van der Waals surface area contributed by atoms with Crippen molar-refractivity contribution in [1.82, 2.24) is 0 Å². The zero-order valence-electron chi connectivity index (χ0n) is 11.3. The van der Waals surface area contributed by atoms with Gasteiger partial charge in [-0.3, -0.25) is 0 Å². The molecule has 4 heteroatoms. The molecule has 0 aromatic carbocycles. The minimum atomic E-state index is -1.59. The third-order valence-corrected chi connectivity index (χ3v) is 32.0. The van der Waals surface area contributed by atoms with Crippen LogP contribution in [0.25, 0.3) is 0 Å². The van der Waals surface area contributed by atoms with Gasteiger partial charge in [0.15, 0.2) is 0 Å². The minimum absolute atomic E-state index is 0.473. The molecular weight excluding hydrogens is 327 g/mol. The van der Waals surface area contributed by atoms with Crippen molar-refractivity contribution < 1.29 is 9.90 Å². The van der Waals surface area contributed by atoms with E-state index in [0.717, 1.165) is 0 Å². The van der Waals surface area contributed by atoms with E-state index in [9.17, 15) is 4.79 Å². The molecule has 0 aromatic heterocycles. The summed E-state index contributed by atoms with van der Waals surface area (Å²) in [6, 6.07) is 0. The van der Waals surface area contributed by atoms with E-state index < -0.39 is 31.6 Å². The van der Waals surface area contributed by atoms with Crippen molar-refractivity contribution in [3.63, 3.8) is 0 Å². The zero-order chi connectivity index (χ0) is 12.6. The molecule has 0 unspecified atom stereocenters. The molecule has 0 aliphatic heterocycles. The van der Waals surface area contributed by atoms with Crippen LogP contribution < -0.4 is 0 Å². The number of unbranched alkanes of at least 4 members (excludes halogenated alkanes) is 2. The monoisotopic (exact) mass is 356 g/mol. The molecule has 0 radical (unpaired) electrons. The van der Waals surface area contributed by atoms with E-state index in [1.54, 1.807) is 0 Å². The summed E-state index contributed by atoms with van der Waals surface area (Å²) in [6.07, 6.45) is 9.77. The quantitative estimate of drug-likeness (QED) is 0.644. The van der Waals surface area contributed by atoms with Gasteiger partial charge < -0.3 is 0 Å². The first kappa shape index (κ1) is 16.6. The summed E-state index contributed by atoms with van der Waals surface area (Å²) in [5.74, 6) is -0.101. The molecule has 0 heterocycles. The van der Waals surface area contributed by atoms with Crippen LogP contribution in [0.5, 0.6) is 0 Å². The van der Waals surface area contributed by atoms with Gasteiger partial charge in [-0.25, -0.2) is 0 Å². The SMILES string of the molecule is CCC[CH2][SnH]([CH2]CCC)[S](C)(C)CC(=O)O. The van der Waals surface area contributed by atoms with Gasteiger partial charge in [-0.1, -0.05) is 0 Å². The van der Waals surface area contributed by atoms with E-state index in [1.807, 2.05) is 0 Å². The third kappa shape index (κ3) is 7.04. The van der Waals surface area contributed by atoms with Crippen molar-refractivity contribution >= 4 is 31.6 Å². The number of hydrogen-bond donors (Lipinski definition) is 1. The van der Waals surface area contributed by atoms with Crippen LogP contribution in [-0.2, 0) is 4.79 Å². The molecule has 0 rings (SSSR count). The Labute approximate surface area is 108 Å². The van der Waals surface area contributed by atoms with Gasteiger partial charge in [0.05, 0.1) is 0 Å². The van der Waals surface area contributed by atoms with E-state index in [4.69, 9.17) is 5.11 Å². The number of hydrogen-bond acceptors (Lipinski definition) is 1. The molecule has 2 nitrogen and oxygen atoms in total. The van der Waals surface area contributed by atoms with E-state index in [1.165, 1.54) is 34.6 Å². The Morgan fingerprint density at radius 2 is 1.56 bits per heavy atom. The van der Waals surface area contributed by atoms with Crippen molar-refractivity contribution in [1.29, 1.82) is 0 Å². The summed E-state index contributed by atoms with van der Waals surface area (Å²) >= 11 is -1.59. The van der Waals surface area contributed by atoms with Crippen molar-refractivity contribution in [3.8, 4) is 0 Å². The second kappa shape index (κ2) is 8.67. The molecule has 0 amide bonds. The third-order valence-electron chi connectivity index (χ3n) is 3.16. The standard InChI is InChI=1S/C4H8O2S.2C4H9.Sn.H/c1-7(2)3-4(5)6;2*1-3-4-2;;/h3H2,1-2H3;2*1,3-4H2,2H3;;/q;;;-1;/p+1. The van der Waals surface area contributed by atoms with Crippen LogP contribution in [0.3, 0.4) is 0 Å². The van der Waals surface area contributed by atoms with E-state index in [0.29, 0.717) is 5.75 Å².